The maximum absolute atomic E-state index is 13.2. The normalized spacial score (nSPS) is 21.6. The number of rotatable bonds is 7. The molecule has 2 heterocycles. The molecule has 0 aromatic heterocycles. The minimum Gasteiger partial charge on any atom is -0.377 e. The highest BCUT2D eigenvalue weighted by molar-refractivity contribution is 5.82. The highest BCUT2D eigenvalue weighted by atomic mass is 16.5. The summed E-state index contributed by atoms with van der Waals surface area (Å²) in [4.78, 5) is 18.0. The standard InChI is InChI=1S/C25H33N3O2/c1-20(28-16-14-27(15-17-28)19-23-13-8-18-30-23)25(29)26-24(21-9-4-2-5-10-21)22-11-6-3-7-12-22/h2-7,9-12,20,23-24H,8,13-19H2,1H3,(H,26,29)/t20-,23+/m1/s1. The molecular formula is C25H33N3O2. The Kier molecular flexibility index (Phi) is 7.16. The molecule has 0 saturated carbocycles. The van der Waals surface area contributed by atoms with Crippen LogP contribution in [0.1, 0.15) is 36.9 Å². The summed E-state index contributed by atoms with van der Waals surface area (Å²) in [5.74, 6) is 0.0836. The second kappa shape index (κ2) is 10.2. The Morgan fingerprint density at radius 2 is 1.60 bits per heavy atom. The lowest BCUT2D eigenvalue weighted by Gasteiger charge is -2.38. The second-order valence-corrected chi connectivity index (χ2v) is 8.41. The van der Waals surface area contributed by atoms with Crippen LogP contribution in [0.2, 0.25) is 0 Å². The summed E-state index contributed by atoms with van der Waals surface area (Å²) in [7, 11) is 0. The van der Waals surface area contributed by atoms with Crippen LogP contribution in [0.15, 0.2) is 60.7 Å². The number of carbonyl (C=O) groups is 1. The molecule has 0 spiro atoms. The van der Waals surface area contributed by atoms with E-state index in [0.29, 0.717) is 6.10 Å². The van der Waals surface area contributed by atoms with Crippen LogP contribution in [-0.2, 0) is 9.53 Å². The Morgan fingerprint density at radius 1 is 1.00 bits per heavy atom. The van der Waals surface area contributed by atoms with Gasteiger partial charge in [0.25, 0.3) is 0 Å². The molecule has 160 valence electrons. The fourth-order valence-electron chi connectivity index (χ4n) is 4.49. The van der Waals surface area contributed by atoms with Crippen molar-refractivity contribution in [1.82, 2.24) is 15.1 Å². The van der Waals surface area contributed by atoms with Gasteiger partial charge in [0, 0.05) is 39.3 Å². The van der Waals surface area contributed by atoms with Crippen LogP contribution >= 0.6 is 0 Å². The molecule has 0 aliphatic carbocycles. The van der Waals surface area contributed by atoms with Gasteiger partial charge in [-0.1, -0.05) is 60.7 Å². The first-order valence-electron chi connectivity index (χ1n) is 11.2. The first-order valence-corrected chi connectivity index (χ1v) is 11.2. The lowest BCUT2D eigenvalue weighted by Crippen LogP contribution is -2.55. The molecule has 2 aliphatic heterocycles. The number of hydrogen-bond acceptors (Lipinski definition) is 4. The summed E-state index contributed by atoms with van der Waals surface area (Å²) in [5, 5.41) is 3.30. The van der Waals surface area contributed by atoms with Crippen molar-refractivity contribution in [3.63, 3.8) is 0 Å². The number of nitrogens with one attached hydrogen (secondary N) is 1. The molecule has 30 heavy (non-hydrogen) atoms. The zero-order chi connectivity index (χ0) is 20.8. The molecule has 0 unspecified atom stereocenters. The highest BCUT2D eigenvalue weighted by Gasteiger charge is 2.29. The van der Waals surface area contributed by atoms with E-state index in [1.807, 2.05) is 43.3 Å². The third kappa shape index (κ3) is 5.28. The van der Waals surface area contributed by atoms with Crippen molar-refractivity contribution in [2.24, 2.45) is 0 Å². The molecule has 1 N–H and O–H groups in total. The molecule has 2 atom stereocenters. The third-order valence-corrected chi connectivity index (χ3v) is 6.37. The van der Waals surface area contributed by atoms with Gasteiger partial charge in [0.05, 0.1) is 18.2 Å². The van der Waals surface area contributed by atoms with Crippen molar-refractivity contribution in [2.75, 3.05) is 39.3 Å². The van der Waals surface area contributed by atoms with E-state index in [9.17, 15) is 4.79 Å². The fourth-order valence-corrected chi connectivity index (χ4v) is 4.49. The average Bonchev–Trinajstić information content (AvgIpc) is 3.31. The lowest BCUT2D eigenvalue weighted by atomic mass is 9.98. The summed E-state index contributed by atoms with van der Waals surface area (Å²) in [6, 6.07) is 20.1. The predicted molar refractivity (Wildman–Crippen MR) is 119 cm³/mol. The van der Waals surface area contributed by atoms with Crippen LogP contribution in [0.3, 0.4) is 0 Å². The van der Waals surface area contributed by atoms with Crippen molar-refractivity contribution >= 4 is 5.91 Å². The topological polar surface area (TPSA) is 44.8 Å². The Labute approximate surface area is 180 Å². The molecule has 2 aliphatic rings. The number of ether oxygens (including phenoxy) is 1. The van der Waals surface area contributed by atoms with Gasteiger partial charge in [-0.15, -0.1) is 0 Å². The zero-order valence-corrected chi connectivity index (χ0v) is 17.9. The average molecular weight is 408 g/mol. The quantitative estimate of drug-likeness (QED) is 0.766. The number of hydrogen-bond donors (Lipinski definition) is 1. The maximum Gasteiger partial charge on any atom is 0.237 e. The Bertz CT molecular complexity index is 745. The summed E-state index contributed by atoms with van der Waals surface area (Å²) in [6.07, 6.45) is 2.76. The van der Waals surface area contributed by atoms with Crippen LogP contribution in [0.4, 0.5) is 0 Å². The summed E-state index contributed by atoms with van der Waals surface area (Å²) < 4.78 is 5.78. The predicted octanol–water partition coefficient (Wildman–Crippen LogP) is 3.08. The van der Waals surface area contributed by atoms with E-state index >= 15 is 0 Å². The number of carbonyl (C=O) groups excluding carboxylic acids is 1. The molecule has 5 nitrogen and oxygen atoms in total. The molecule has 1 amide bonds. The van der Waals surface area contributed by atoms with Crippen molar-refractivity contribution in [3.05, 3.63) is 71.8 Å². The Hall–Kier alpha value is -2.21. The molecule has 2 saturated heterocycles. The van der Waals surface area contributed by atoms with E-state index in [0.717, 1.165) is 50.5 Å². The van der Waals surface area contributed by atoms with Crippen molar-refractivity contribution in [3.8, 4) is 0 Å². The van der Waals surface area contributed by atoms with E-state index < -0.39 is 0 Å². The minimum absolute atomic E-state index is 0.0836. The molecule has 2 aromatic carbocycles. The third-order valence-electron chi connectivity index (χ3n) is 6.37. The molecule has 0 radical (unpaired) electrons. The van der Waals surface area contributed by atoms with Crippen LogP contribution in [0.25, 0.3) is 0 Å². The summed E-state index contributed by atoms with van der Waals surface area (Å²) in [5.41, 5.74) is 2.20. The van der Waals surface area contributed by atoms with Gasteiger partial charge >= 0.3 is 0 Å². The van der Waals surface area contributed by atoms with Crippen LogP contribution in [0, 0.1) is 0 Å². The van der Waals surface area contributed by atoms with Gasteiger partial charge in [0.2, 0.25) is 5.91 Å². The number of nitrogens with zero attached hydrogens (tertiary/aromatic N) is 2. The molecule has 2 aromatic rings. The van der Waals surface area contributed by atoms with Gasteiger partial charge in [-0.05, 0) is 30.9 Å². The number of amides is 1. The van der Waals surface area contributed by atoms with E-state index in [2.05, 4.69) is 39.4 Å². The fraction of sp³-hybridized carbons (Fsp3) is 0.480. The second-order valence-electron chi connectivity index (χ2n) is 8.41. The van der Waals surface area contributed by atoms with Gasteiger partial charge in [-0.2, -0.15) is 0 Å². The molecule has 5 heteroatoms. The Balaban J connectivity index is 1.35. The zero-order valence-electron chi connectivity index (χ0n) is 17.9. The smallest absolute Gasteiger partial charge is 0.237 e. The first-order chi connectivity index (χ1) is 14.7. The lowest BCUT2D eigenvalue weighted by molar-refractivity contribution is -0.127. The maximum atomic E-state index is 13.2. The molecule has 4 rings (SSSR count). The van der Waals surface area contributed by atoms with Gasteiger partial charge in [-0.3, -0.25) is 14.6 Å². The largest absolute Gasteiger partial charge is 0.377 e. The van der Waals surface area contributed by atoms with Crippen molar-refractivity contribution < 1.29 is 9.53 Å². The molecular weight excluding hydrogens is 374 g/mol. The van der Waals surface area contributed by atoms with Gasteiger partial charge < -0.3 is 10.1 Å². The summed E-state index contributed by atoms with van der Waals surface area (Å²) >= 11 is 0. The molecule has 2 fully saturated rings. The van der Waals surface area contributed by atoms with Gasteiger partial charge in [0.1, 0.15) is 0 Å². The highest BCUT2D eigenvalue weighted by Crippen LogP contribution is 2.22. The van der Waals surface area contributed by atoms with E-state index in [1.54, 1.807) is 0 Å². The van der Waals surface area contributed by atoms with Gasteiger partial charge in [-0.25, -0.2) is 0 Å². The summed E-state index contributed by atoms with van der Waals surface area (Å²) in [6.45, 7) is 7.80. The van der Waals surface area contributed by atoms with Crippen LogP contribution in [-0.4, -0.2) is 67.2 Å². The first kappa shape index (κ1) is 21.0. The monoisotopic (exact) mass is 407 g/mol. The Morgan fingerprint density at radius 3 is 2.13 bits per heavy atom. The van der Waals surface area contributed by atoms with E-state index in [1.165, 1.54) is 12.8 Å². The van der Waals surface area contributed by atoms with Crippen LogP contribution in [0.5, 0.6) is 0 Å². The van der Waals surface area contributed by atoms with Crippen LogP contribution < -0.4 is 5.32 Å². The number of benzene rings is 2. The van der Waals surface area contributed by atoms with Crippen molar-refractivity contribution in [1.29, 1.82) is 0 Å². The van der Waals surface area contributed by atoms with E-state index in [-0.39, 0.29) is 18.0 Å². The van der Waals surface area contributed by atoms with E-state index in [4.69, 9.17) is 4.74 Å². The SMILES string of the molecule is C[C@H](C(=O)NC(c1ccccc1)c1ccccc1)N1CCN(C[C@@H]2CCCO2)CC1. The van der Waals surface area contributed by atoms with Gasteiger partial charge in [0.15, 0.2) is 0 Å². The number of piperazine rings is 1. The van der Waals surface area contributed by atoms with Crippen molar-refractivity contribution in [2.45, 2.75) is 38.0 Å². The minimum atomic E-state index is -0.148. The molecule has 0 bridgehead atoms.